The van der Waals surface area contributed by atoms with Crippen molar-refractivity contribution >= 4 is 21.6 Å². The molecule has 0 fully saturated rings. The number of amides is 2. The highest BCUT2D eigenvalue weighted by Crippen LogP contribution is 2.17. The van der Waals surface area contributed by atoms with Crippen LogP contribution in [0.25, 0.3) is 0 Å². The van der Waals surface area contributed by atoms with Crippen molar-refractivity contribution in [2.75, 3.05) is 11.1 Å². The summed E-state index contributed by atoms with van der Waals surface area (Å²) < 4.78 is 23.6. The second-order valence-electron chi connectivity index (χ2n) is 5.00. The highest BCUT2D eigenvalue weighted by Gasteiger charge is 2.14. The number of benzene rings is 1. The molecule has 2 amide bonds. The van der Waals surface area contributed by atoms with E-state index in [2.05, 4.69) is 16.7 Å². The number of urea groups is 1. The third-order valence-electron chi connectivity index (χ3n) is 3.40. The monoisotopic (exact) mass is 308 g/mol. The van der Waals surface area contributed by atoms with E-state index < -0.39 is 9.84 Å². The summed E-state index contributed by atoms with van der Waals surface area (Å²) in [6.45, 7) is 1.59. The van der Waals surface area contributed by atoms with E-state index in [0.717, 1.165) is 19.3 Å². The van der Waals surface area contributed by atoms with Crippen molar-refractivity contribution < 1.29 is 13.2 Å². The fourth-order valence-corrected chi connectivity index (χ4v) is 3.13. The van der Waals surface area contributed by atoms with Crippen molar-refractivity contribution in [3.05, 3.63) is 36.4 Å². The van der Waals surface area contributed by atoms with Crippen molar-refractivity contribution in [2.24, 2.45) is 0 Å². The van der Waals surface area contributed by atoms with Crippen LogP contribution < -0.4 is 10.6 Å². The van der Waals surface area contributed by atoms with E-state index in [9.17, 15) is 13.2 Å². The largest absolute Gasteiger partial charge is 0.332 e. The van der Waals surface area contributed by atoms with E-state index in [4.69, 9.17) is 0 Å². The van der Waals surface area contributed by atoms with Crippen molar-refractivity contribution in [1.82, 2.24) is 5.32 Å². The van der Waals surface area contributed by atoms with Gasteiger partial charge in [-0.3, -0.25) is 0 Å². The van der Waals surface area contributed by atoms with E-state index in [1.54, 1.807) is 19.1 Å². The van der Waals surface area contributed by atoms with E-state index in [-0.39, 0.29) is 22.7 Å². The van der Waals surface area contributed by atoms with Gasteiger partial charge in [0.2, 0.25) is 0 Å². The average Bonchev–Trinajstić information content (AvgIpc) is 2.48. The van der Waals surface area contributed by atoms with Crippen molar-refractivity contribution in [3.63, 3.8) is 0 Å². The van der Waals surface area contributed by atoms with Crippen LogP contribution in [0.15, 0.2) is 41.3 Å². The summed E-state index contributed by atoms with van der Waals surface area (Å²) in [5.74, 6) is 0.0372. The molecule has 0 heterocycles. The normalized spacial score (nSPS) is 18.2. The average molecular weight is 308 g/mol. The molecule has 6 heteroatoms. The lowest BCUT2D eigenvalue weighted by Gasteiger charge is -2.18. The Balaban J connectivity index is 2.02. The second-order valence-corrected chi connectivity index (χ2v) is 7.27. The molecule has 0 aliphatic heterocycles. The summed E-state index contributed by atoms with van der Waals surface area (Å²) in [6, 6.07) is 6.03. The smallest absolute Gasteiger partial charge is 0.319 e. The summed E-state index contributed by atoms with van der Waals surface area (Å²) >= 11 is 0. The quantitative estimate of drug-likeness (QED) is 0.840. The Hall–Kier alpha value is -1.82. The van der Waals surface area contributed by atoms with Gasteiger partial charge < -0.3 is 10.6 Å². The van der Waals surface area contributed by atoms with Gasteiger partial charge in [-0.2, -0.15) is 0 Å². The lowest BCUT2D eigenvalue weighted by atomic mass is 10.0. The number of sulfone groups is 1. The number of nitrogens with one attached hydrogen (secondary N) is 2. The van der Waals surface area contributed by atoms with Crippen molar-refractivity contribution in [2.45, 2.75) is 37.1 Å². The van der Waals surface area contributed by atoms with Crippen LogP contribution in [0.1, 0.15) is 26.2 Å². The Morgan fingerprint density at radius 3 is 2.86 bits per heavy atom. The van der Waals surface area contributed by atoms with Crippen LogP contribution in [0.3, 0.4) is 0 Å². The highest BCUT2D eigenvalue weighted by atomic mass is 32.2. The molecule has 0 aromatic heterocycles. The zero-order valence-corrected chi connectivity index (χ0v) is 12.8. The molecule has 2 N–H and O–H groups in total. The predicted molar refractivity (Wildman–Crippen MR) is 83.1 cm³/mol. The third kappa shape index (κ3) is 4.32. The second kappa shape index (κ2) is 6.76. The number of allylic oxidation sites excluding steroid dienone is 1. The SMILES string of the molecule is CCS(=O)(=O)c1cccc(NC(=O)N[C@H]2C=CCCC2)c1. The standard InChI is InChI=1S/C15H20N2O3S/c1-2-21(19,20)14-10-6-9-13(11-14)17-15(18)16-12-7-4-3-5-8-12/h4,6-7,9-12H,2-3,5,8H2,1H3,(H2,16,17,18)/t12-/m0/s1. The molecular weight excluding hydrogens is 288 g/mol. The van der Waals surface area contributed by atoms with Crippen LogP contribution >= 0.6 is 0 Å². The van der Waals surface area contributed by atoms with Crippen molar-refractivity contribution in [1.29, 1.82) is 0 Å². The number of hydrogen-bond donors (Lipinski definition) is 2. The van der Waals surface area contributed by atoms with Crippen LogP contribution in [0.4, 0.5) is 10.5 Å². The minimum atomic E-state index is -3.27. The van der Waals surface area contributed by atoms with E-state index in [1.165, 1.54) is 12.1 Å². The fourth-order valence-electron chi connectivity index (χ4n) is 2.20. The number of carbonyl (C=O) groups is 1. The fraction of sp³-hybridized carbons (Fsp3) is 0.400. The summed E-state index contributed by atoms with van der Waals surface area (Å²) in [7, 11) is -3.27. The molecule has 114 valence electrons. The first-order valence-corrected chi connectivity index (χ1v) is 8.73. The molecule has 1 aliphatic rings. The first-order chi connectivity index (χ1) is 10.0. The molecule has 0 bridgehead atoms. The van der Waals surface area contributed by atoms with Crippen LogP contribution in [0, 0.1) is 0 Å². The Morgan fingerprint density at radius 2 is 2.19 bits per heavy atom. The van der Waals surface area contributed by atoms with Gasteiger partial charge in [0.05, 0.1) is 10.6 Å². The number of carbonyl (C=O) groups excluding carboxylic acids is 1. The maximum absolute atomic E-state index is 11.9. The van der Waals surface area contributed by atoms with Gasteiger partial charge in [-0.15, -0.1) is 0 Å². The molecule has 5 nitrogen and oxygen atoms in total. The molecule has 1 aromatic carbocycles. The van der Waals surface area contributed by atoms with Gasteiger partial charge in [-0.25, -0.2) is 13.2 Å². The van der Waals surface area contributed by atoms with Crippen LogP contribution in [0.2, 0.25) is 0 Å². The summed E-state index contributed by atoms with van der Waals surface area (Å²) in [5, 5.41) is 5.53. The third-order valence-corrected chi connectivity index (χ3v) is 5.13. The first-order valence-electron chi connectivity index (χ1n) is 7.08. The Bertz CT molecular complexity index is 638. The van der Waals surface area contributed by atoms with Gasteiger partial charge in [0.15, 0.2) is 9.84 Å². The van der Waals surface area contributed by atoms with E-state index >= 15 is 0 Å². The molecule has 21 heavy (non-hydrogen) atoms. The van der Waals surface area contributed by atoms with E-state index in [0.29, 0.717) is 5.69 Å². The number of anilines is 1. The molecule has 0 radical (unpaired) electrons. The molecule has 2 rings (SSSR count). The maximum Gasteiger partial charge on any atom is 0.319 e. The first kappa shape index (κ1) is 15.6. The summed E-state index contributed by atoms with van der Waals surface area (Å²) in [5.41, 5.74) is 0.474. The van der Waals surface area contributed by atoms with Gasteiger partial charge in [-0.05, 0) is 37.5 Å². The van der Waals surface area contributed by atoms with Gasteiger partial charge in [0.1, 0.15) is 0 Å². The molecule has 1 aromatic rings. The molecule has 0 saturated carbocycles. The zero-order chi connectivity index (χ0) is 15.3. The maximum atomic E-state index is 11.9. The Labute approximate surface area is 125 Å². The lowest BCUT2D eigenvalue weighted by Crippen LogP contribution is -2.37. The Morgan fingerprint density at radius 1 is 1.38 bits per heavy atom. The van der Waals surface area contributed by atoms with E-state index in [1.807, 2.05) is 6.08 Å². The van der Waals surface area contributed by atoms with Gasteiger partial charge in [-0.1, -0.05) is 25.1 Å². The minimum absolute atomic E-state index is 0.0372. The minimum Gasteiger partial charge on any atom is -0.332 e. The Kier molecular flexibility index (Phi) is 5.01. The summed E-state index contributed by atoms with van der Waals surface area (Å²) in [6.07, 6.45) is 7.08. The lowest BCUT2D eigenvalue weighted by molar-refractivity contribution is 0.249. The van der Waals surface area contributed by atoms with Gasteiger partial charge in [0, 0.05) is 11.7 Å². The summed E-state index contributed by atoms with van der Waals surface area (Å²) in [4.78, 5) is 12.1. The van der Waals surface area contributed by atoms with Gasteiger partial charge >= 0.3 is 6.03 Å². The number of rotatable bonds is 4. The molecule has 0 saturated heterocycles. The van der Waals surface area contributed by atoms with Gasteiger partial charge in [0.25, 0.3) is 0 Å². The molecular formula is C15H20N2O3S. The molecule has 0 spiro atoms. The highest BCUT2D eigenvalue weighted by molar-refractivity contribution is 7.91. The molecule has 0 unspecified atom stereocenters. The van der Waals surface area contributed by atoms with Crippen LogP contribution in [0.5, 0.6) is 0 Å². The topological polar surface area (TPSA) is 75.3 Å². The van der Waals surface area contributed by atoms with Crippen LogP contribution in [-0.4, -0.2) is 26.2 Å². The predicted octanol–water partition coefficient (Wildman–Crippen LogP) is 2.71. The van der Waals surface area contributed by atoms with Crippen molar-refractivity contribution in [3.8, 4) is 0 Å². The molecule has 1 atom stereocenters. The van der Waals surface area contributed by atoms with Crippen LogP contribution in [-0.2, 0) is 9.84 Å². The number of hydrogen-bond acceptors (Lipinski definition) is 3. The zero-order valence-electron chi connectivity index (χ0n) is 12.0. The molecule has 1 aliphatic carbocycles.